The van der Waals surface area contributed by atoms with Gasteiger partial charge in [0, 0.05) is 25.4 Å². The van der Waals surface area contributed by atoms with E-state index in [1.165, 1.54) is 42.4 Å². The van der Waals surface area contributed by atoms with Gasteiger partial charge in [-0.3, -0.25) is 24.2 Å². The lowest BCUT2D eigenvalue weighted by atomic mass is 9.82. The fraction of sp³-hybridized carbons (Fsp3) is 0.710. The van der Waals surface area contributed by atoms with Crippen LogP contribution < -0.4 is 10.6 Å². The maximum atomic E-state index is 14.4. The summed E-state index contributed by atoms with van der Waals surface area (Å²) in [4.78, 5) is 78.3. The molecule has 1 spiro atoms. The number of esters is 1. The van der Waals surface area contributed by atoms with Gasteiger partial charge in [0.1, 0.15) is 28.7 Å². The molecular formula is C31H44N6O6S. The molecule has 0 aromatic carbocycles. The largest absolute Gasteiger partial charge is 0.467 e. The molecule has 2 saturated carbocycles. The van der Waals surface area contributed by atoms with Crippen LogP contribution in [-0.4, -0.2) is 98.3 Å². The Morgan fingerprint density at radius 1 is 1.09 bits per heavy atom. The van der Waals surface area contributed by atoms with Crippen molar-refractivity contribution in [3.63, 3.8) is 0 Å². The Hall–Kier alpha value is -3.22. The smallest absolute Gasteiger partial charge is 0.328 e. The van der Waals surface area contributed by atoms with E-state index >= 15 is 0 Å². The van der Waals surface area contributed by atoms with Gasteiger partial charge in [0.15, 0.2) is 0 Å². The lowest BCUT2D eigenvalue weighted by Crippen LogP contribution is -2.61. The van der Waals surface area contributed by atoms with Gasteiger partial charge in [0.05, 0.1) is 25.6 Å². The van der Waals surface area contributed by atoms with E-state index < -0.39 is 52.1 Å². The van der Waals surface area contributed by atoms with Crippen molar-refractivity contribution < 1.29 is 28.7 Å². The highest BCUT2D eigenvalue weighted by Crippen LogP contribution is 2.48. The highest BCUT2D eigenvalue weighted by Gasteiger charge is 2.58. The Morgan fingerprint density at radius 2 is 1.82 bits per heavy atom. The molecule has 2 aliphatic carbocycles. The van der Waals surface area contributed by atoms with Crippen LogP contribution in [-0.2, 0) is 23.9 Å². The van der Waals surface area contributed by atoms with Gasteiger partial charge in [-0.05, 0) is 42.9 Å². The molecule has 13 heteroatoms. The van der Waals surface area contributed by atoms with Crippen molar-refractivity contribution in [3.05, 3.63) is 24.3 Å². The number of carbonyl (C=O) groups excluding carboxylic acids is 5. The summed E-state index contributed by atoms with van der Waals surface area (Å²) in [5, 5.41) is 5.86. The number of hydrogen-bond acceptors (Lipinski definition) is 9. The van der Waals surface area contributed by atoms with Crippen LogP contribution in [0.5, 0.6) is 0 Å². The summed E-state index contributed by atoms with van der Waals surface area (Å²) < 4.78 is 5.13. The fourth-order valence-electron chi connectivity index (χ4n) is 6.68. The molecule has 4 atom stereocenters. The summed E-state index contributed by atoms with van der Waals surface area (Å²) in [6.07, 6.45) is 11.2. The topological polar surface area (TPSA) is 151 Å². The van der Waals surface area contributed by atoms with Gasteiger partial charge < -0.3 is 25.2 Å². The van der Waals surface area contributed by atoms with E-state index in [4.69, 9.17) is 4.74 Å². The van der Waals surface area contributed by atoms with E-state index in [2.05, 4.69) is 20.6 Å². The van der Waals surface area contributed by atoms with Crippen LogP contribution >= 0.6 is 11.8 Å². The minimum absolute atomic E-state index is 0.0228. The predicted octanol–water partition coefficient (Wildman–Crippen LogP) is 2.14. The van der Waals surface area contributed by atoms with Crippen molar-refractivity contribution in [1.82, 2.24) is 30.4 Å². The van der Waals surface area contributed by atoms with Gasteiger partial charge in [-0.15, -0.1) is 11.8 Å². The van der Waals surface area contributed by atoms with Crippen molar-refractivity contribution >= 4 is 41.4 Å². The number of hydrogen-bond donors (Lipinski definition) is 2. The van der Waals surface area contributed by atoms with Crippen molar-refractivity contribution in [2.24, 2.45) is 17.3 Å². The minimum atomic E-state index is -1.00. The van der Waals surface area contributed by atoms with Gasteiger partial charge >= 0.3 is 5.97 Å². The first-order valence-corrected chi connectivity index (χ1v) is 16.6. The van der Waals surface area contributed by atoms with Crippen molar-refractivity contribution in [1.29, 1.82) is 0 Å². The maximum absolute atomic E-state index is 14.4. The molecule has 44 heavy (non-hydrogen) atoms. The van der Waals surface area contributed by atoms with E-state index in [-0.39, 0.29) is 30.5 Å². The van der Waals surface area contributed by atoms with Crippen LogP contribution in [0.3, 0.4) is 0 Å². The number of methoxy groups -OCH3 is 1. The maximum Gasteiger partial charge on any atom is 0.328 e. The first-order chi connectivity index (χ1) is 20.9. The number of carbonyl (C=O) groups is 5. The molecule has 2 N–H and O–H groups in total. The molecule has 4 aliphatic rings. The number of likely N-dealkylation sites (tertiary alicyclic amines) is 1. The third-order valence-corrected chi connectivity index (χ3v) is 10.8. The van der Waals surface area contributed by atoms with E-state index in [1.807, 2.05) is 25.7 Å². The molecule has 12 nitrogen and oxygen atoms in total. The van der Waals surface area contributed by atoms with Crippen LogP contribution in [0.1, 0.15) is 82.6 Å². The molecule has 4 fully saturated rings. The molecular weight excluding hydrogens is 584 g/mol. The average Bonchev–Trinajstić information content (AvgIpc) is 3.69. The third kappa shape index (κ3) is 6.87. The SMILES string of the molecule is COC(=O)[C@@H]1CC2(CN1C(=O)C(NC(=O)[C@@H](NC(=O)c1cnccn1)C1CCCCC1)C(C)(C)C)SCC(=O)N2CC1CC1. The molecule has 2 unspecified atom stereocenters. The highest BCUT2D eigenvalue weighted by atomic mass is 32.2. The second kappa shape index (κ2) is 13.0. The molecule has 0 radical (unpaired) electrons. The second-order valence-corrected chi connectivity index (χ2v) is 15.0. The third-order valence-electron chi connectivity index (χ3n) is 9.34. The highest BCUT2D eigenvalue weighted by molar-refractivity contribution is 8.01. The monoisotopic (exact) mass is 628 g/mol. The zero-order valence-corrected chi connectivity index (χ0v) is 26.9. The van der Waals surface area contributed by atoms with E-state index in [9.17, 15) is 24.0 Å². The van der Waals surface area contributed by atoms with Crippen molar-refractivity contribution in [2.45, 2.75) is 95.1 Å². The van der Waals surface area contributed by atoms with Crippen molar-refractivity contribution in [2.75, 3.05) is 26.0 Å². The van der Waals surface area contributed by atoms with Gasteiger partial charge in [0.2, 0.25) is 17.7 Å². The normalized spacial score (nSPS) is 25.5. The molecule has 2 saturated heterocycles. The molecule has 2 aliphatic heterocycles. The molecule has 5 rings (SSSR count). The lowest BCUT2D eigenvalue weighted by molar-refractivity contribution is -0.153. The summed E-state index contributed by atoms with van der Waals surface area (Å²) in [6, 6.07) is -2.77. The first-order valence-electron chi connectivity index (χ1n) is 15.6. The van der Waals surface area contributed by atoms with Gasteiger partial charge in [0.25, 0.3) is 5.91 Å². The number of ether oxygens (including phenoxy) is 1. The first kappa shape index (κ1) is 32.2. The van der Waals surface area contributed by atoms with E-state index in [0.717, 1.165) is 44.9 Å². The van der Waals surface area contributed by atoms with Gasteiger partial charge in [-0.2, -0.15) is 0 Å². The standard InChI is InChI=1S/C31H44N6O6S/c1-30(2,3)25(35-27(40)24(20-8-6-5-7-9-20)34-26(39)21-15-32-12-13-33-21)28(41)36-18-31(14-22(36)29(42)43-4)37(16-19-10-11-19)23(38)17-44-31/h12-13,15,19-20,22,24-25H,5-11,14,16-18H2,1-4H3,(H,34,39)(H,35,40)/t22-,24-,25?,31?/m0/s1. The summed E-state index contributed by atoms with van der Waals surface area (Å²) in [5.74, 6) is -1.24. The molecule has 1 aromatic rings. The van der Waals surface area contributed by atoms with Gasteiger partial charge in [-0.1, -0.05) is 40.0 Å². The number of thioether (sulfide) groups is 1. The van der Waals surface area contributed by atoms with E-state index in [1.54, 1.807) is 0 Å². The summed E-state index contributed by atoms with van der Waals surface area (Å²) >= 11 is 1.48. The Morgan fingerprint density at radius 3 is 2.43 bits per heavy atom. The zero-order valence-electron chi connectivity index (χ0n) is 26.0. The average molecular weight is 629 g/mol. The predicted molar refractivity (Wildman–Crippen MR) is 163 cm³/mol. The zero-order chi connectivity index (χ0) is 31.6. The quantitative estimate of drug-likeness (QED) is 0.392. The lowest BCUT2D eigenvalue weighted by Gasteiger charge is -2.38. The fourth-order valence-corrected chi connectivity index (χ4v) is 8.07. The van der Waals surface area contributed by atoms with Gasteiger partial charge in [-0.25, -0.2) is 9.78 Å². The number of nitrogens with zero attached hydrogens (tertiary/aromatic N) is 4. The Bertz CT molecular complexity index is 1260. The summed E-state index contributed by atoms with van der Waals surface area (Å²) in [7, 11) is 1.29. The molecule has 240 valence electrons. The molecule has 1 aromatic heterocycles. The minimum Gasteiger partial charge on any atom is -0.467 e. The summed E-state index contributed by atoms with van der Waals surface area (Å²) in [5.41, 5.74) is -0.631. The summed E-state index contributed by atoms with van der Waals surface area (Å²) in [6.45, 7) is 6.36. The molecule has 0 bridgehead atoms. The molecule has 4 amide bonds. The van der Waals surface area contributed by atoms with Crippen LogP contribution in [0, 0.1) is 17.3 Å². The number of rotatable bonds is 9. The Balaban J connectivity index is 1.40. The van der Waals surface area contributed by atoms with Crippen LogP contribution in [0.25, 0.3) is 0 Å². The number of aromatic nitrogens is 2. The Labute approximate surface area is 262 Å². The molecule has 3 heterocycles. The Kier molecular flexibility index (Phi) is 9.52. The van der Waals surface area contributed by atoms with Crippen molar-refractivity contribution in [3.8, 4) is 0 Å². The second-order valence-electron chi connectivity index (χ2n) is 13.6. The number of amides is 4. The number of nitrogens with one attached hydrogen (secondary N) is 2. The van der Waals surface area contributed by atoms with E-state index in [0.29, 0.717) is 18.2 Å². The van der Waals surface area contributed by atoms with Crippen LogP contribution in [0.15, 0.2) is 18.6 Å². The van der Waals surface area contributed by atoms with Crippen LogP contribution in [0.2, 0.25) is 0 Å². The van der Waals surface area contributed by atoms with Crippen LogP contribution in [0.4, 0.5) is 0 Å².